The van der Waals surface area contributed by atoms with Crippen molar-refractivity contribution in [3.05, 3.63) is 164 Å². The third-order valence-electron chi connectivity index (χ3n) is 10.9. The highest BCUT2D eigenvalue weighted by atomic mass is 32.1. The number of benzene rings is 9. The van der Waals surface area contributed by atoms with Crippen molar-refractivity contribution >= 4 is 112 Å². The molecule has 0 atom stereocenters. The molecule has 0 saturated heterocycles. The molecule has 9 aromatic carbocycles. The molecule has 0 amide bonds. The van der Waals surface area contributed by atoms with Gasteiger partial charge in [-0.15, -0.1) is 22.7 Å². The van der Waals surface area contributed by atoms with E-state index in [4.69, 9.17) is 0 Å². The second-order valence-corrected chi connectivity index (χ2v) is 15.8. The highest BCUT2D eigenvalue weighted by molar-refractivity contribution is 7.27. The minimum Gasteiger partial charge on any atom is -0.310 e. The summed E-state index contributed by atoms with van der Waals surface area (Å²) in [5.74, 6) is 0. The van der Waals surface area contributed by atoms with E-state index in [2.05, 4.69) is 169 Å². The molecule has 0 bridgehead atoms. The van der Waals surface area contributed by atoms with Crippen molar-refractivity contribution in [3.8, 4) is 22.3 Å². The van der Waals surface area contributed by atoms with Crippen LogP contribution in [0.1, 0.15) is 0 Å². The molecule has 1 aliphatic carbocycles. The first-order valence-corrected chi connectivity index (χ1v) is 19.1. The van der Waals surface area contributed by atoms with Crippen LogP contribution < -0.4 is 4.90 Å². The van der Waals surface area contributed by atoms with Gasteiger partial charge in [0.25, 0.3) is 0 Å². The van der Waals surface area contributed by atoms with Gasteiger partial charge in [0, 0.05) is 62.8 Å². The number of hydrogen-bond donors (Lipinski definition) is 0. The van der Waals surface area contributed by atoms with Crippen LogP contribution in [-0.4, -0.2) is 0 Å². The standard InChI is InChI=1S/C48H27NS2/c1-2-11-31(12-3-1)49(33-21-22-35-30(26-33)20-19-28-9-4-5-14-34(28)35)32-13-6-10-29(25-32)39-27-43-48-45-37(16-8-18-41(45)51-43)36-15-7-17-40-44(36)47-42(50-40)24-23-38(39)46(47)48/h1-27H. The minimum absolute atomic E-state index is 1.14. The van der Waals surface area contributed by atoms with Gasteiger partial charge >= 0.3 is 0 Å². The zero-order valence-corrected chi connectivity index (χ0v) is 29.0. The second-order valence-electron chi connectivity index (χ2n) is 13.6. The Morgan fingerprint density at radius 2 is 0.941 bits per heavy atom. The van der Waals surface area contributed by atoms with Crippen LogP contribution in [0, 0.1) is 0 Å². The van der Waals surface area contributed by atoms with Gasteiger partial charge in [0.05, 0.1) is 0 Å². The van der Waals surface area contributed by atoms with Gasteiger partial charge in [-0.05, 0) is 110 Å². The van der Waals surface area contributed by atoms with Gasteiger partial charge in [-0.3, -0.25) is 0 Å². The van der Waals surface area contributed by atoms with E-state index < -0.39 is 0 Å². The molecule has 0 N–H and O–H groups in total. The van der Waals surface area contributed by atoms with Crippen molar-refractivity contribution in [2.45, 2.75) is 0 Å². The van der Waals surface area contributed by atoms with Crippen LogP contribution in [0.5, 0.6) is 0 Å². The summed E-state index contributed by atoms with van der Waals surface area (Å²) in [6.07, 6.45) is 0. The number of thiophene rings is 2. The average molecular weight is 682 g/mol. The Kier molecular flexibility index (Phi) is 5.59. The van der Waals surface area contributed by atoms with Crippen molar-refractivity contribution in [1.82, 2.24) is 0 Å². The van der Waals surface area contributed by atoms with Crippen LogP contribution in [0.3, 0.4) is 0 Å². The molecule has 236 valence electrons. The van der Waals surface area contributed by atoms with E-state index in [1.807, 2.05) is 22.7 Å². The smallest absolute Gasteiger partial charge is 0.0468 e. The van der Waals surface area contributed by atoms with E-state index in [1.54, 1.807) is 0 Å². The van der Waals surface area contributed by atoms with Crippen LogP contribution in [0.25, 0.3) is 94.9 Å². The van der Waals surface area contributed by atoms with Gasteiger partial charge in [0.1, 0.15) is 0 Å². The summed E-state index contributed by atoms with van der Waals surface area (Å²) in [5.41, 5.74) is 8.64. The molecule has 0 radical (unpaired) electrons. The molecule has 0 spiro atoms. The number of rotatable bonds is 4. The number of para-hydroxylation sites is 1. The average Bonchev–Trinajstić information content (AvgIpc) is 3.73. The lowest BCUT2D eigenvalue weighted by Gasteiger charge is -2.26. The van der Waals surface area contributed by atoms with Gasteiger partial charge in [-0.25, -0.2) is 0 Å². The first-order chi connectivity index (χ1) is 25.3. The monoisotopic (exact) mass is 681 g/mol. The summed E-state index contributed by atoms with van der Waals surface area (Å²) in [6.45, 7) is 0. The Balaban J connectivity index is 1.12. The molecule has 3 heteroatoms. The van der Waals surface area contributed by atoms with Crippen molar-refractivity contribution < 1.29 is 0 Å². The zero-order chi connectivity index (χ0) is 33.2. The molecule has 1 nitrogen and oxygen atoms in total. The summed E-state index contributed by atoms with van der Waals surface area (Å²) in [5, 5.41) is 13.4. The number of nitrogens with zero attached hydrogens (tertiary/aromatic N) is 1. The fourth-order valence-corrected chi connectivity index (χ4v) is 11.1. The van der Waals surface area contributed by atoms with Crippen LogP contribution in [-0.2, 0) is 0 Å². The van der Waals surface area contributed by atoms with Crippen molar-refractivity contribution in [2.24, 2.45) is 0 Å². The number of hydrogen-bond acceptors (Lipinski definition) is 3. The topological polar surface area (TPSA) is 3.24 Å². The summed E-state index contributed by atoms with van der Waals surface area (Å²) < 4.78 is 5.44. The fraction of sp³-hybridized carbons (Fsp3) is 0. The molecule has 12 rings (SSSR count). The van der Waals surface area contributed by atoms with E-state index in [9.17, 15) is 0 Å². The van der Waals surface area contributed by atoms with Crippen LogP contribution >= 0.6 is 22.7 Å². The normalized spacial score (nSPS) is 12.3. The van der Waals surface area contributed by atoms with E-state index in [1.165, 1.54) is 94.9 Å². The predicted octanol–water partition coefficient (Wildman–Crippen LogP) is 15.0. The number of fused-ring (bicyclic) bond motifs is 4. The largest absolute Gasteiger partial charge is 0.310 e. The Morgan fingerprint density at radius 3 is 1.78 bits per heavy atom. The lowest BCUT2D eigenvalue weighted by Crippen LogP contribution is -2.09. The quantitative estimate of drug-likeness (QED) is 0.167. The van der Waals surface area contributed by atoms with Crippen molar-refractivity contribution in [3.63, 3.8) is 0 Å². The van der Waals surface area contributed by atoms with Gasteiger partial charge in [0.2, 0.25) is 0 Å². The third-order valence-corrected chi connectivity index (χ3v) is 13.2. The maximum atomic E-state index is 2.46. The maximum Gasteiger partial charge on any atom is 0.0468 e. The second kappa shape index (κ2) is 10.3. The van der Waals surface area contributed by atoms with Gasteiger partial charge in [-0.1, -0.05) is 103 Å². The Bertz CT molecular complexity index is 3230. The van der Waals surface area contributed by atoms with Crippen molar-refractivity contribution in [1.29, 1.82) is 0 Å². The lowest BCUT2D eigenvalue weighted by molar-refractivity contribution is 1.29. The van der Waals surface area contributed by atoms with E-state index in [0.29, 0.717) is 0 Å². The Labute approximate surface area is 301 Å². The molecule has 2 heterocycles. The molecular weight excluding hydrogens is 655 g/mol. The molecule has 0 saturated carbocycles. The SMILES string of the molecule is c1ccc(N(c2cccc(-c3cc4sc5cccc6c5c4c4c3ccc3sc5cccc-6c5c34)c2)c2ccc3c(ccc4ccccc43)c2)cc1. The molecule has 0 aliphatic heterocycles. The van der Waals surface area contributed by atoms with E-state index >= 15 is 0 Å². The molecular formula is C48H27NS2. The summed E-state index contributed by atoms with van der Waals surface area (Å²) in [6, 6.07) is 60.9. The highest BCUT2D eigenvalue weighted by Crippen LogP contribution is 2.54. The molecule has 0 fully saturated rings. The Morgan fingerprint density at radius 1 is 0.314 bits per heavy atom. The maximum absolute atomic E-state index is 2.46. The lowest BCUT2D eigenvalue weighted by atomic mass is 9.93. The molecule has 51 heavy (non-hydrogen) atoms. The van der Waals surface area contributed by atoms with Crippen LogP contribution in [0.15, 0.2) is 164 Å². The van der Waals surface area contributed by atoms with E-state index in [-0.39, 0.29) is 0 Å². The molecule has 0 unspecified atom stereocenters. The fourth-order valence-electron chi connectivity index (χ4n) is 8.78. The molecule has 11 aromatic rings. The minimum atomic E-state index is 1.14. The first-order valence-electron chi connectivity index (χ1n) is 17.4. The van der Waals surface area contributed by atoms with Gasteiger partial charge in [0.15, 0.2) is 0 Å². The van der Waals surface area contributed by atoms with Crippen LogP contribution in [0.2, 0.25) is 0 Å². The van der Waals surface area contributed by atoms with Gasteiger partial charge < -0.3 is 4.90 Å². The third kappa shape index (κ3) is 3.85. The van der Waals surface area contributed by atoms with Crippen LogP contribution in [0.4, 0.5) is 17.1 Å². The first kappa shape index (κ1) is 27.8. The molecule has 2 aromatic heterocycles. The summed E-state index contributed by atoms with van der Waals surface area (Å²) in [7, 11) is 0. The number of anilines is 3. The predicted molar refractivity (Wildman–Crippen MR) is 224 cm³/mol. The Hall–Kier alpha value is -6.00. The zero-order valence-electron chi connectivity index (χ0n) is 27.4. The highest BCUT2D eigenvalue weighted by Gasteiger charge is 2.25. The van der Waals surface area contributed by atoms with E-state index in [0.717, 1.165) is 17.1 Å². The summed E-state index contributed by atoms with van der Waals surface area (Å²) >= 11 is 3.85. The van der Waals surface area contributed by atoms with Gasteiger partial charge in [-0.2, -0.15) is 0 Å². The van der Waals surface area contributed by atoms with Crippen molar-refractivity contribution in [2.75, 3.05) is 4.90 Å². The summed E-state index contributed by atoms with van der Waals surface area (Å²) in [4.78, 5) is 2.40. The molecule has 1 aliphatic rings.